The van der Waals surface area contributed by atoms with Crippen molar-refractivity contribution in [1.29, 1.82) is 5.26 Å². The van der Waals surface area contributed by atoms with Gasteiger partial charge in [0.2, 0.25) is 5.91 Å². The van der Waals surface area contributed by atoms with E-state index in [4.69, 9.17) is 5.26 Å². The number of hydrogen-bond donors (Lipinski definition) is 1. The number of rotatable bonds is 4. The summed E-state index contributed by atoms with van der Waals surface area (Å²) in [6.07, 6.45) is 3.13. The number of aromatic nitrogens is 1. The molecule has 16 heavy (non-hydrogen) atoms. The van der Waals surface area contributed by atoms with Gasteiger partial charge in [0, 0.05) is 12.1 Å². The summed E-state index contributed by atoms with van der Waals surface area (Å²) in [4.78, 5) is 15.7. The summed E-state index contributed by atoms with van der Waals surface area (Å²) in [7, 11) is 0. The van der Waals surface area contributed by atoms with Crippen LogP contribution < -0.4 is 5.32 Å². The summed E-state index contributed by atoms with van der Waals surface area (Å²) < 4.78 is 0. The summed E-state index contributed by atoms with van der Waals surface area (Å²) in [6.45, 7) is 3.96. The van der Waals surface area contributed by atoms with Crippen LogP contribution in [-0.2, 0) is 4.79 Å². The zero-order chi connectivity index (χ0) is 12.0. The van der Waals surface area contributed by atoms with Crippen LogP contribution in [0.2, 0.25) is 0 Å². The molecule has 1 amide bonds. The Balaban J connectivity index is 2.73. The normalized spacial score (nSPS) is 9.88. The van der Waals surface area contributed by atoms with Gasteiger partial charge in [0.25, 0.3) is 0 Å². The van der Waals surface area contributed by atoms with Crippen LogP contribution >= 0.6 is 0 Å². The first-order valence-electron chi connectivity index (χ1n) is 5.38. The quantitative estimate of drug-likeness (QED) is 0.841. The third-order valence-electron chi connectivity index (χ3n) is 2.50. The highest BCUT2D eigenvalue weighted by atomic mass is 16.1. The van der Waals surface area contributed by atoms with Crippen molar-refractivity contribution in [3.63, 3.8) is 0 Å². The van der Waals surface area contributed by atoms with E-state index in [1.54, 1.807) is 12.1 Å². The Kier molecular flexibility index (Phi) is 4.46. The van der Waals surface area contributed by atoms with Crippen molar-refractivity contribution in [2.75, 3.05) is 5.32 Å². The zero-order valence-electron chi connectivity index (χ0n) is 9.53. The number of anilines is 1. The van der Waals surface area contributed by atoms with Gasteiger partial charge in [0.05, 0.1) is 11.6 Å². The molecule has 4 heteroatoms. The summed E-state index contributed by atoms with van der Waals surface area (Å²) in [6, 6.07) is 5.18. The van der Waals surface area contributed by atoms with Crippen molar-refractivity contribution in [1.82, 2.24) is 4.98 Å². The minimum absolute atomic E-state index is 0.00698. The van der Waals surface area contributed by atoms with Crippen LogP contribution in [0.4, 0.5) is 5.82 Å². The molecule has 84 valence electrons. The Morgan fingerprint density at radius 3 is 2.81 bits per heavy atom. The molecule has 0 aliphatic rings. The fourth-order valence-corrected chi connectivity index (χ4v) is 1.46. The van der Waals surface area contributed by atoms with Crippen molar-refractivity contribution in [2.24, 2.45) is 5.92 Å². The van der Waals surface area contributed by atoms with Gasteiger partial charge in [-0.2, -0.15) is 5.26 Å². The molecule has 0 unspecified atom stereocenters. The van der Waals surface area contributed by atoms with Crippen LogP contribution in [0.25, 0.3) is 0 Å². The highest BCUT2D eigenvalue weighted by Gasteiger charge is 2.14. The fourth-order valence-electron chi connectivity index (χ4n) is 1.46. The summed E-state index contributed by atoms with van der Waals surface area (Å²) in [5.41, 5.74) is 0.495. The number of nitrogens with zero attached hydrogens (tertiary/aromatic N) is 2. The highest BCUT2D eigenvalue weighted by Crippen LogP contribution is 2.12. The van der Waals surface area contributed by atoms with Gasteiger partial charge < -0.3 is 5.32 Å². The van der Waals surface area contributed by atoms with Crippen LogP contribution in [0.1, 0.15) is 32.3 Å². The largest absolute Gasteiger partial charge is 0.310 e. The summed E-state index contributed by atoms with van der Waals surface area (Å²) in [5, 5.41) is 11.4. The first kappa shape index (κ1) is 12.2. The molecule has 0 aromatic carbocycles. The van der Waals surface area contributed by atoms with E-state index >= 15 is 0 Å². The predicted octanol–water partition coefficient (Wildman–Crippen LogP) is 2.33. The molecule has 1 aromatic heterocycles. The Bertz CT molecular complexity index is 405. The van der Waals surface area contributed by atoms with Gasteiger partial charge in [-0.3, -0.25) is 4.79 Å². The Morgan fingerprint density at radius 2 is 2.25 bits per heavy atom. The van der Waals surface area contributed by atoms with Gasteiger partial charge in [0.15, 0.2) is 0 Å². The van der Waals surface area contributed by atoms with E-state index in [0.29, 0.717) is 11.4 Å². The number of carbonyl (C=O) groups excluding carboxylic acids is 1. The molecule has 0 saturated heterocycles. The van der Waals surface area contributed by atoms with E-state index in [1.807, 2.05) is 19.9 Å². The van der Waals surface area contributed by atoms with E-state index in [2.05, 4.69) is 10.3 Å². The molecular weight excluding hydrogens is 202 g/mol. The molecular formula is C12H15N3O. The van der Waals surface area contributed by atoms with Crippen molar-refractivity contribution >= 4 is 11.7 Å². The molecule has 1 heterocycles. The van der Waals surface area contributed by atoms with Gasteiger partial charge in [-0.1, -0.05) is 13.8 Å². The molecule has 0 aliphatic heterocycles. The lowest BCUT2D eigenvalue weighted by Crippen LogP contribution is -2.22. The molecule has 4 nitrogen and oxygen atoms in total. The molecule has 1 N–H and O–H groups in total. The topological polar surface area (TPSA) is 65.8 Å². The van der Waals surface area contributed by atoms with Gasteiger partial charge in [-0.25, -0.2) is 4.98 Å². The lowest BCUT2D eigenvalue weighted by atomic mass is 10.0. The molecule has 0 saturated carbocycles. The Labute approximate surface area is 95.3 Å². The predicted molar refractivity (Wildman–Crippen MR) is 61.7 cm³/mol. The Hall–Kier alpha value is -1.89. The standard InChI is InChI=1S/C12H15N3O/c1-3-10(4-2)12(16)15-11-7-9(8-13)5-6-14-11/h5-7,10H,3-4H2,1-2H3,(H,14,15,16). The summed E-state index contributed by atoms with van der Waals surface area (Å²) >= 11 is 0. The first-order chi connectivity index (χ1) is 7.71. The van der Waals surface area contributed by atoms with E-state index in [1.165, 1.54) is 6.20 Å². The lowest BCUT2D eigenvalue weighted by molar-refractivity contribution is -0.120. The molecule has 0 bridgehead atoms. The van der Waals surface area contributed by atoms with Crippen molar-refractivity contribution in [3.8, 4) is 6.07 Å². The van der Waals surface area contributed by atoms with E-state index in [0.717, 1.165) is 12.8 Å². The van der Waals surface area contributed by atoms with Gasteiger partial charge in [0.1, 0.15) is 5.82 Å². The lowest BCUT2D eigenvalue weighted by Gasteiger charge is -2.11. The first-order valence-corrected chi connectivity index (χ1v) is 5.38. The van der Waals surface area contributed by atoms with Crippen LogP contribution in [0.15, 0.2) is 18.3 Å². The number of pyridine rings is 1. The maximum absolute atomic E-state index is 11.7. The van der Waals surface area contributed by atoms with Crippen LogP contribution in [0.3, 0.4) is 0 Å². The van der Waals surface area contributed by atoms with Crippen molar-refractivity contribution < 1.29 is 4.79 Å². The van der Waals surface area contributed by atoms with Gasteiger partial charge in [-0.15, -0.1) is 0 Å². The zero-order valence-corrected chi connectivity index (χ0v) is 9.53. The van der Waals surface area contributed by atoms with Crippen LogP contribution in [0.5, 0.6) is 0 Å². The van der Waals surface area contributed by atoms with Gasteiger partial charge in [-0.05, 0) is 25.0 Å². The molecule has 0 spiro atoms. The highest BCUT2D eigenvalue weighted by molar-refractivity contribution is 5.91. The SMILES string of the molecule is CCC(CC)C(=O)Nc1cc(C#N)ccn1. The minimum Gasteiger partial charge on any atom is -0.310 e. The Morgan fingerprint density at radius 1 is 1.56 bits per heavy atom. The van der Waals surface area contributed by atoms with Crippen molar-refractivity contribution in [2.45, 2.75) is 26.7 Å². The van der Waals surface area contributed by atoms with Crippen molar-refractivity contribution in [3.05, 3.63) is 23.9 Å². The second-order valence-corrected chi connectivity index (χ2v) is 3.54. The third-order valence-corrected chi connectivity index (χ3v) is 2.50. The molecule has 1 aromatic rings. The number of hydrogen-bond acceptors (Lipinski definition) is 3. The van der Waals surface area contributed by atoms with Gasteiger partial charge >= 0.3 is 0 Å². The average molecular weight is 217 g/mol. The van der Waals surface area contributed by atoms with Crippen LogP contribution in [-0.4, -0.2) is 10.9 Å². The molecule has 0 fully saturated rings. The van der Waals surface area contributed by atoms with E-state index in [9.17, 15) is 4.79 Å². The third kappa shape index (κ3) is 3.06. The maximum Gasteiger partial charge on any atom is 0.228 e. The molecule has 0 radical (unpaired) electrons. The molecule has 0 atom stereocenters. The van der Waals surface area contributed by atoms with E-state index < -0.39 is 0 Å². The molecule has 0 aliphatic carbocycles. The smallest absolute Gasteiger partial charge is 0.228 e. The number of carbonyl (C=O) groups is 1. The number of nitriles is 1. The second-order valence-electron chi connectivity index (χ2n) is 3.54. The number of amides is 1. The van der Waals surface area contributed by atoms with E-state index in [-0.39, 0.29) is 11.8 Å². The summed E-state index contributed by atoms with van der Waals surface area (Å²) in [5.74, 6) is 0.413. The molecule has 1 rings (SSSR count). The number of nitrogens with one attached hydrogen (secondary N) is 1. The second kappa shape index (κ2) is 5.86. The van der Waals surface area contributed by atoms with Crippen LogP contribution in [0, 0.1) is 17.2 Å². The average Bonchev–Trinajstić information content (AvgIpc) is 2.31. The minimum atomic E-state index is -0.0346. The fraction of sp³-hybridized carbons (Fsp3) is 0.417. The maximum atomic E-state index is 11.7. The monoisotopic (exact) mass is 217 g/mol.